The summed E-state index contributed by atoms with van der Waals surface area (Å²) in [4.78, 5) is 9.35. The van der Waals surface area contributed by atoms with Crippen molar-refractivity contribution in [2.75, 3.05) is 18.0 Å². The number of aromatic nitrogens is 2. The molecule has 0 unspecified atom stereocenters. The van der Waals surface area contributed by atoms with Crippen molar-refractivity contribution in [2.45, 2.75) is 18.1 Å². The summed E-state index contributed by atoms with van der Waals surface area (Å²) in [6, 6.07) is 0. The molecule has 6 nitrogen and oxygen atoms in total. The van der Waals surface area contributed by atoms with Gasteiger partial charge in [0.2, 0.25) is 16.0 Å². The van der Waals surface area contributed by atoms with E-state index in [1.165, 1.54) is 0 Å². The van der Waals surface area contributed by atoms with E-state index in [9.17, 15) is 12.8 Å². The zero-order chi connectivity index (χ0) is 12.5. The minimum Gasteiger partial charge on any atom is -0.339 e. The van der Waals surface area contributed by atoms with E-state index in [0.717, 1.165) is 12.4 Å². The van der Waals surface area contributed by atoms with Crippen LogP contribution in [-0.4, -0.2) is 36.7 Å². The molecule has 2 rings (SSSR count). The van der Waals surface area contributed by atoms with Crippen LogP contribution in [0.2, 0.25) is 0 Å². The van der Waals surface area contributed by atoms with Crippen LogP contribution in [0.4, 0.5) is 10.3 Å². The van der Waals surface area contributed by atoms with Gasteiger partial charge in [-0.25, -0.2) is 27.9 Å². The van der Waals surface area contributed by atoms with Crippen LogP contribution < -0.4 is 10.0 Å². The van der Waals surface area contributed by atoms with E-state index in [-0.39, 0.29) is 6.54 Å². The summed E-state index contributed by atoms with van der Waals surface area (Å²) in [5.74, 6) is -0.187. The van der Waals surface area contributed by atoms with Crippen molar-refractivity contribution in [1.82, 2.24) is 9.97 Å². The predicted molar refractivity (Wildman–Crippen MR) is 60.3 cm³/mol. The SMILES string of the molecule is NS(=O)(=O)[C@@H]1CCCN(c2ncc(F)cn2)C1. The molecule has 2 heterocycles. The number of halogens is 1. The topological polar surface area (TPSA) is 89.2 Å². The van der Waals surface area contributed by atoms with E-state index < -0.39 is 21.1 Å². The first-order chi connectivity index (χ1) is 7.97. The summed E-state index contributed by atoms with van der Waals surface area (Å²) < 4.78 is 35.2. The molecule has 1 aromatic heterocycles. The third-order valence-corrected chi connectivity index (χ3v) is 4.05. The monoisotopic (exact) mass is 260 g/mol. The fourth-order valence-corrected chi connectivity index (χ4v) is 2.74. The van der Waals surface area contributed by atoms with Gasteiger partial charge in [0.1, 0.15) is 0 Å². The van der Waals surface area contributed by atoms with Gasteiger partial charge in [-0.3, -0.25) is 0 Å². The van der Waals surface area contributed by atoms with Crippen molar-refractivity contribution in [3.63, 3.8) is 0 Å². The molecule has 0 radical (unpaired) electrons. The Hall–Kier alpha value is -1.28. The molecule has 1 aliphatic rings. The summed E-state index contributed by atoms with van der Waals surface area (Å²) in [5.41, 5.74) is 0. The second-order valence-electron chi connectivity index (χ2n) is 4.00. The van der Waals surface area contributed by atoms with Crippen molar-refractivity contribution in [1.29, 1.82) is 0 Å². The minimum absolute atomic E-state index is 0.254. The Morgan fingerprint density at radius 3 is 2.65 bits per heavy atom. The van der Waals surface area contributed by atoms with Crippen LogP contribution in [-0.2, 0) is 10.0 Å². The fraction of sp³-hybridized carbons (Fsp3) is 0.556. The third-order valence-electron chi connectivity index (χ3n) is 2.73. The van der Waals surface area contributed by atoms with Gasteiger partial charge < -0.3 is 4.90 Å². The molecule has 0 aliphatic carbocycles. The molecular weight excluding hydrogens is 247 g/mol. The summed E-state index contributed by atoms with van der Waals surface area (Å²) in [5, 5.41) is 4.51. The minimum atomic E-state index is -3.55. The second-order valence-corrected chi connectivity index (χ2v) is 5.85. The highest BCUT2D eigenvalue weighted by Crippen LogP contribution is 2.18. The molecule has 2 N–H and O–H groups in total. The number of hydrogen-bond acceptors (Lipinski definition) is 5. The highest BCUT2D eigenvalue weighted by atomic mass is 32.2. The van der Waals surface area contributed by atoms with Gasteiger partial charge in [0, 0.05) is 13.1 Å². The number of nitrogens with two attached hydrogens (primary N) is 1. The van der Waals surface area contributed by atoms with Crippen molar-refractivity contribution >= 4 is 16.0 Å². The van der Waals surface area contributed by atoms with Crippen LogP contribution >= 0.6 is 0 Å². The second kappa shape index (κ2) is 4.53. The molecule has 1 saturated heterocycles. The molecule has 1 atom stereocenters. The number of piperidine rings is 1. The Bertz CT molecular complexity index is 490. The van der Waals surface area contributed by atoms with Gasteiger partial charge in [-0.2, -0.15) is 0 Å². The molecule has 8 heteroatoms. The molecule has 1 aromatic rings. The molecule has 17 heavy (non-hydrogen) atoms. The van der Waals surface area contributed by atoms with Crippen LogP contribution in [0.5, 0.6) is 0 Å². The third kappa shape index (κ3) is 2.89. The normalized spacial score (nSPS) is 21.5. The Labute approximate surface area is 98.7 Å². The molecule has 1 aliphatic heterocycles. The van der Waals surface area contributed by atoms with Gasteiger partial charge in [-0.1, -0.05) is 0 Å². The van der Waals surface area contributed by atoms with Crippen LogP contribution in [0.25, 0.3) is 0 Å². The lowest BCUT2D eigenvalue weighted by molar-refractivity contribution is 0.526. The predicted octanol–water partition coefficient (Wildman–Crippen LogP) is -0.127. The van der Waals surface area contributed by atoms with E-state index in [2.05, 4.69) is 9.97 Å². The number of hydrogen-bond donors (Lipinski definition) is 1. The average Bonchev–Trinajstić information content (AvgIpc) is 2.29. The zero-order valence-electron chi connectivity index (χ0n) is 9.08. The van der Waals surface area contributed by atoms with Gasteiger partial charge in [0.05, 0.1) is 17.6 Å². The van der Waals surface area contributed by atoms with Gasteiger partial charge >= 0.3 is 0 Å². The van der Waals surface area contributed by atoms with E-state index >= 15 is 0 Å². The van der Waals surface area contributed by atoms with E-state index in [4.69, 9.17) is 5.14 Å². The van der Waals surface area contributed by atoms with Gasteiger partial charge in [-0.15, -0.1) is 0 Å². The Kier molecular flexibility index (Phi) is 3.25. The maximum absolute atomic E-state index is 12.7. The molecule has 0 saturated carbocycles. The van der Waals surface area contributed by atoms with Crippen LogP contribution in [0.3, 0.4) is 0 Å². The quantitative estimate of drug-likeness (QED) is 0.800. The van der Waals surface area contributed by atoms with E-state index in [0.29, 0.717) is 25.3 Å². The number of sulfonamides is 1. The first-order valence-corrected chi connectivity index (χ1v) is 6.82. The standard InChI is InChI=1S/C9H13FN4O2S/c10-7-4-12-9(13-5-7)14-3-1-2-8(6-14)17(11,15)16/h4-5,8H,1-3,6H2,(H2,11,15,16)/t8-/m1/s1. The van der Waals surface area contributed by atoms with Crippen molar-refractivity contribution in [3.05, 3.63) is 18.2 Å². The zero-order valence-corrected chi connectivity index (χ0v) is 9.90. The first kappa shape index (κ1) is 12.2. The first-order valence-electron chi connectivity index (χ1n) is 5.21. The van der Waals surface area contributed by atoms with Gasteiger partial charge in [0.25, 0.3) is 0 Å². The molecule has 1 fully saturated rings. The van der Waals surface area contributed by atoms with Gasteiger partial charge in [0.15, 0.2) is 5.82 Å². The van der Waals surface area contributed by atoms with E-state index in [1.54, 1.807) is 4.90 Å². The number of primary sulfonamides is 1. The summed E-state index contributed by atoms with van der Waals surface area (Å²) in [6.45, 7) is 0.905. The maximum atomic E-state index is 12.7. The number of anilines is 1. The average molecular weight is 260 g/mol. The summed E-state index contributed by atoms with van der Waals surface area (Å²) in [7, 11) is -3.55. The highest BCUT2D eigenvalue weighted by molar-refractivity contribution is 7.89. The van der Waals surface area contributed by atoms with E-state index in [1.807, 2.05) is 0 Å². The molecule has 0 spiro atoms. The Balaban J connectivity index is 2.15. The summed E-state index contributed by atoms with van der Waals surface area (Å²) in [6.07, 6.45) is 3.35. The van der Waals surface area contributed by atoms with Crippen molar-refractivity contribution < 1.29 is 12.8 Å². The Morgan fingerprint density at radius 1 is 1.41 bits per heavy atom. The lowest BCUT2D eigenvalue weighted by atomic mass is 10.1. The molecular formula is C9H13FN4O2S. The smallest absolute Gasteiger partial charge is 0.225 e. The molecule has 0 bridgehead atoms. The Morgan fingerprint density at radius 2 is 2.06 bits per heavy atom. The molecule has 0 amide bonds. The molecule has 94 valence electrons. The summed E-state index contributed by atoms with van der Waals surface area (Å²) >= 11 is 0. The van der Waals surface area contributed by atoms with Crippen LogP contribution in [0.15, 0.2) is 12.4 Å². The highest BCUT2D eigenvalue weighted by Gasteiger charge is 2.29. The van der Waals surface area contributed by atoms with Crippen LogP contribution in [0, 0.1) is 5.82 Å². The van der Waals surface area contributed by atoms with Crippen molar-refractivity contribution in [2.24, 2.45) is 5.14 Å². The van der Waals surface area contributed by atoms with Crippen LogP contribution in [0.1, 0.15) is 12.8 Å². The molecule has 0 aromatic carbocycles. The fourth-order valence-electron chi connectivity index (χ4n) is 1.86. The van der Waals surface area contributed by atoms with Gasteiger partial charge in [-0.05, 0) is 12.8 Å². The van der Waals surface area contributed by atoms with Crippen molar-refractivity contribution in [3.8, 4) is 0 Å². The number of rotatable bonds is 2. The maximum Gasteiger partial charge on any atom is 0.225 e. The number of nitrogens with zero attached hydrogens (tertiary/aromatic N) is 3. The largest absolute Gasteiger partial charge is 0.339 e. The lowest BCUT2D eigenvalue weighted by Crippen LogP contribution is -2.45. The lowest BCUT2D eigenvalue weighted by Gasteiger charge is -2.31.